The first kappa shape index (κ1) is 21.4. The summed E-state index contributed by atoms with van der Waals surface area (Å²) in [6, 6.07) is 18.5. The van der Waals surface area contributed by atoms with Crippen LogP contribution < -0.4 is 15.6 Å². The van der Waals surface area contributed by atoms with Crippen molar-refractivity contribution in [2.24, 2.45) is 5.10 Å². The van der Waals surface area contributed by atoms with Crippen LogP contribution in [0.5, 0.6) is 11.5 Å². The topological polar surface area (TPSA) is 128 Å². The predicted molar refractivity (Wildman–Crippen MR) is 131 cm³/mol. The Kier molecular flexibility index (Phi) is 6.04. The standard InChI is InChI=1S/C24H23N7O3/c32-20-9-8-16(14-21(20)33)15-25-30-23-27-22(28-24(29-23)31-10-12-34-13-11-31)26-19-7-3-5-17-4-1-2-6-18(17)19/h1-9,14-15,32-33H,10-13H2,(H2,26,27,28,29,30)/b25-15+. The maximum atomic E-state index is 9.66. The van der Waals surface area contributed by atoms with E-state index in [1.807, 2.05) is 35.2 Å². The van der Waals surface area contributed by atoms with Gasteiger partial charge in [0.2, 0.25) is 17.8 Å². The molecule has 1 fully saturated rings. The number of hydrogen-bond donors (Lipinski definition) is 4. The lowest BCUT2D eigenvalue weighted by atomic mass is 10.1. The lowest BCUT2D eigenvalue weighted by molar-refractivity contribution is 0.122. The molecular formula is C24H23N7O3. The number of aromatic hydroxyl groups is 2. The fourth-order valence-corrected chi connectivity index (χ4v) is 3.62. The van der Waals surface area contributed by atoms with Crippen molar-refractivity contribution in [2.45, 2.75) is 0 Å². The number of phenols is 2. The minimum absolute atomic E-state index is 0.193. The van der Waals surface area contributed by atoms with Gasteiger partial charge in [-0.15, -0.1) is 0 Å². The molecule has 172 valence electrons. The Labute approximate surface area is 195 Å². The molecule has 1 saturated heterocycles. The van der Waals surface area contributed by atoms with Gasteiger partial charge >= 0.3 is 0 Å². The quantitative estimate of drug-likeness (QED) is 0.195. The van der Waals surface area contributed by atoms with Gasteiger partial charge in [0.15, 0.2) is 11.5 Å². The molecule has 1 aromatic heterocycles. The summed E-state index contributed by atoms with van der Waals surface area (Å²) in [7, 11) is 0. The predicted octanol–water partition coefficient (Wildman–Crippen LogP) is 3.46. The zero-order valence-corrected chi connectivity index (χ0v) is 18.2. The molecule has 10 nitrogen and oxygen atoms in total. The molecule has 0 unspecified atom stereocenters. The number of rotatable bonds is 6. The Morgan fingerprint density at radius 1 is 0.882 bits per heavy atom. The van der Waals surface area contributed by atoms with E-state index in [4.69, 9.17) is 4.74 Å². The fraction of sp³-hybridized carbons (Fsp3) is 0.167. The van der Waals surface area contributed by atoms with E-state index in [9.17, 15) is 10.2 Å². The minimum Gasteiger partial charge on any atom is -0.504 e. The number of aromatic nitrogens is 3. The number of fused-ring (bicyclic) bond motifs is 1. The van der Waals surface area contributed by atoms with Crippen LogP contribution in [-0.2, 0) is 4.74 Å². The number of phenolic OH excluding ortho intramolecular Hbond substituents is 2. The number of benzene rings is 3. The summed E-state index contributed by atoms with van der Waals surface area (Å²) in [5.41, 5.74) is 4.31. The first-order valence-electron chi connectivity index (χ1n) is 10.8. The molecule has 1 aliphatic heterocycles. The Hall–Kier alpha value is -4.44. The number of hydrogen-bond acceptors (Lipinski definition) is 10. The zero-order valence-electron chi connectivity index (χ0n) is 18.2. The average Bonchev–Trinajstić information content (AvgIpc) is 2.87. The lowest BCUT2D eigenvalue weighted by Crippen LogP contribution is -2.37. The van der Waals surface area contributed by atoms with Gasteiger partial charge in [-0.25, -0.2) is 5.43 Å². The lowest BCUT2D eigenvalue weighted by Gasteiger charge is -2.27. The summed E-state index contributed by atoms with van der Waals surface area (Å²) < 4.78 is 5.45. The van der Waals surface area contributed by atoms with Gasteiger partial charge in [0.25, 0.3) is 0 Å². The maximum Gasteiger partial charge on any atom is 0.250 e. The number of morpholine rings is 1. The summed E-state index contributed by atoms with van der Waals surface area (Å²) in [6.45, 7) is 2.55. The molecule has 4 aromatic rings. The van der Waals surface area contributed by atoms with E-state index in [0.717, 1.165) is 16.5 Å². The summed E-state index contributed by atoms with van der Waals surface area (Å²) in [5.74, 6) is 0.745. The third kappa shape index (κ3) is 4.81. The molecule has 10 heteroatoms. The Balaban J connectivity index is 1.44. The van der Waals surface area contributed by atoms with Crippen LogP contribution in [0, 0.1) is 0 Å². The molecule has 5 rings (SSSR count). The highest BCUT2D eigenvalue weighted by Gasteiger charge is 2.17. The maximum absolute atomic E-state index is 9.66. The van der Waals surface area contributed by atoms with Crippen molar-refractivity contribution in [3.8, 4) is 11.5 Å². The van der Waals surface area contributed by atoms with Crippen molar-refractivity contribution in [3.05, 3.63) is 66.2 Å². The van der Waals surface area contributed by atoms with Crippen LogP contribution >= 0.6 is 0 Å². The van der Waals surface area contributed by atoms with Gasteiger partial charge in [-0.05, 0) is 35.2 Å². The van der Waals surface area contributed by atoms with Crippen LogP contribution in [0.1, 0.15) is 5.56 Å². The SMILES string of the molecule is Oc1ccc(/C=N/Nc2nc(Nc3cccc4ccccc34)nc(N3CCOCC3)n2)cc1O. The van der Waals surface area contributed by atoms with E-state index in [2.05, 4.69) is 42.9 Å². The van der Waals surface area contributed by atoms with E-state index in [0.29, 0.717) is 43.8 Å². The Bertz CT molecular complexity index is 1330. The van der Waals surface area contributed by atoms with E-state index >= 15 is 0 Å². The highest BCUT2D eigenvalue weighted by atomic mass is 16.5. The highest BCUT2D eigenvalue weighted by Crippen LogP contribution is 2.26. The average molecular weight is 457 g/mol. The number of nitrogens with zero attached hydrogens (tertiary/aromatic N) is 5. The zero-order chi connectivity index (χ0) is 23.3. The van der Waals surface area contributed by atoms with E-state index in [1.165, 1.54) is 18.3 Å². The van der Waals surface area contributed by atoms with Crippen molar-refractivity contribution in [3.63, 3.8) is 0 Å². The van der Waals surface area contributed by atoms with Gasteiger partial charge in [-0.3, -0.25) is 0 Å². The van der Waals surface area contributed by atoms with Gasteiger partial charge in [0.05, 0.1) is 19.4 Å². The smallest absolute Gasteiger partial charge is 0.250 e. The molecule has 4 N–H and O–H groups in total. The normalized spacial score (nSPS) is 13.9. The number of anilines is 4. The fourth-order valence-electron chi connectivity index (χ4n) is 3.62. The van der Waals surface area contributed by atoms with Gasteiger partial charge in [0, 0.05) is 24.2 Å². The molecule has 0 spiro atoms. The number of ether oxygens (including phenoxy) is 1. The summed E-state index contributed by atoms with van der Waals surface area (Å²) in [6.07, 6.45) is 1.50. The van der Waals surface area contributed by atoms with Crippen molar-refractivity contribution >= 4 is 40.5 Å². The van der Waals surface area contributed by atoms with Crippen molar-refractivity contribution < 1.29 is 14.9 Å². The molecule has 1 aliphatic rings. The molecule has 0 bridgehead atoms. The highest BCUT2D eigenvalue weighted by molar-refractivity contribution is 5.95. The molecule has 0 aliphatic carbocycles. The van der Waals surface area contributed by atoms with Crippen molar-refractivity contribution in [1.29, 1.82) is 0 Å². The van der Waals surface area contributed by atoms with E-state index < -0.39 is 0 Å². The van der Waals surface area contributed by atoms with Crippen molar-refractivity contribution in [1.82, 2.24) is 15.0 Å². The molecule has 34 heavy (non-hydrogen) atoms. The second-order valence-corrected chi connectivity index (χ2v) is 7.65. The van der Waals surface area contributed by atoms with E-state index in [1.54, 1.807) is 6.07 Å². The Morgan fingerprint density at radius 2 is 1.68 bits per heavy atom. The van der Waals surface area contributed by atoms with Gasteiger partial charge in [-0.2, -0.15) is 20.1 Å². The second-order valence-electron chi connectivity index (χ2n) is 7.65. The first-order chi connectivity index (χ1) is 16.7. The summed E-state index contributed by atoms with van der Waals surface area (Å²) in [5, 5.41) is 28.8. The molecule has 2 heterocycles. The number of hydrazone groups is 1. The molecule has 0 atom stereocenters. The summed E-state index contributed by atoms with van der Waals surface area (Å²) >= 11 is 0. The molecule has 0 amide bonds. The Morgan fingerprint density at radius 3 is 2.53 bits per heavy atom. The summed E-state index contributed by atoms with van der Waals surface area (Å²) in [4.78, 5) is 15.7. The van der Waals surface area contributed by atoms with E-state index in [-0.39, 0.29) is 17.4 Å². The van der Waals surface area contributed by atoms with Crippen LogP contribution in [0.25, 0.3) is 10.8 Å². The molecular weight excluding hydrogens is 434 g/mol. The number of nitrogens with one attached hydrogen (secondary N) is 2. The van der Waals surface area contributed by atoms with Gasteiger partial charge in [-0.1, -0.05) is 36.4 Å². The van der Waals surface area contributed by atoms with Crippen LogP contribution in [0.4, 0.5) is 23.5 Å². The van der Waals surface area contributed by atoms with Crippen LogP contribution in [0.2, 0.25) is 0 Å². The van der Waals surface area contributed by atoms with Gasteiger partial charge in [0.1, 0.15) is 0 Å². The molecule has 3 aromatic carbocycles. The van der Waals surface area contributed by atoms with Gasteiger partial charge < -0.3 is 25.2 Å². The first-order valence-corrected chi connectivity index (χ1v) is 10.8. The monoisotopic (exact) mass is 457 g/mol. The van der Waals surface area contributed by atoms with Crippen LogP contribution in [0.3, 0.4) is 0 Å². The third-order valence-electron chi connectivity index (χ3n) is 5.33. The largest absolute Gasteiger partial charge is 0.504 e. The minimum atomic E-state index is -0.222. The second kappa shape index (κ2) is 9.59. The van der Waals surface area contributed by atoms with Crippen molar-refractivity contribution in [2.75, 3.05) is 41.9 Å². The van der Waals surface area contributed by atoms with Crippen LogP contribution in [0.15, 0.2) is 65.8 Å². The van der Waals surface area contributed by atoms with Crippen LogP contribution in [-0.4, -0.2) is 57.7 Å². The third-order valence-corrected chi connectivity index (χ3v) is 5.33. The molecule has 0 saturated carbocycles. The molecule has 0 radical (unpaired) electrons.